The van der Waals surface area contributed by atoms with Crippen LogP contribution in [0, 0.1) is 0 Å². The van der Waals surface area contributed by atoms with Gasteiger partial charge in [0.15, 0.2) is 5.82 Å². The van der Waals surface area contributed by atoms with Gasteiger partial charge in [0, 0.05) is 24.7 Å². The number of carbonyl (C=O) groups excluding carboxylic acids is 1. The van der Waals surface area contributed by atoms with Crippen molar-refractivity contribution in [3.63, 3.8) is 0 Å². The quantitative estimate of drug-likeness (QED) is 0.686. The maximum Gasteiger partial charge on any atom is 0.315 e. The minimum atomic E-state index is -0.240. The van der Waals surface area contributed by atoms with Crippen molar-refractivity contribution in [2.24, 2.45) is 0 Å². The molecule has 2 rings (SSSR count). The van der Waals surface area contributed by atoms with Gasteiger partial charge >= 0.3 is 6.03 Å². The monoisotopic (exact) mass is 344 g/mol. The number of nitrogens with zero attached hydrogens (tertiary/aromatic N) is 3. The SMILES string of the molecule is CCn1cnnc1CNC(=O)NCC(C)(C)NC(C)c1ccccc1. The van der Waals surface area contributed by atoms with E-state index in [0.717, 1.165) is 12.4 Å². The largest absolute Gasteiger partial charge is 0.336 e. The molecule has 1 heterocycles. The third kappa shape index (κ3) is 5.86. The fourth-order valence-corrected chi connectivity index (χ4v) is 2.67. The first-order valence-electron chi connectivity index (χ1n) is 8.62. The summed E-state index contributed by atoms with van der Waals surface area (Å²) < 4.78 is 1.90. The summed E-state index contributed by atoms with van der Waals surface area (Å²) in [6, 6.07) is 10.2. The molecule has 0 aliphatic carbocycles. The number of hydrogen-bond donors (Lipinski definition) is 3. The third-order valence-electron chi connectivity index (χ3n) is 4.04. The van der Waals surface area contributed by atoms with Crippen molar-refractivity contribution in [2.75, 3.05) is 6.54 Å². The summed E-state index contributed by atoms with van der Waals surface area (Å²) >= 11 is 0. The summed E-state index contributed by atoms with van der Waals surface area (Å²) in [5.41, 5.74) is 0.981. The molecule has 0 saturated heterocycles. The van der Waals surface area contributed by atoms with Crippen LogP contribution in [0.5, 0.6) is 0 Å². The predicted molar refractivity (Wildman–Crippen MR) is 98.0 cm³/mol. The number of rotatable bonds is 8. The van der Waals surface area contributed by atoms with Gasteiger partial charge in [-0.3, -0.25) is 0 Å². The van der Waals surface area contributed by atoms with E-state index in [0.29, 0.717) is 13.1 Å². The second-order valence-corrected chi connectivity index (χ2v) is 6.73. The Hall–Kier alpha value is -2.41. The molecule has 7 nitrogen and oxygen atoms in total. The fraction of sp³-hybridized carbons (Fsp3) is 0.500. The lowest BCUT2D eigenvalue weighted by molar-refractivity contribution is 0.234. The van der Waals surface area contributed by atoms with E-state index in [-0.39, 0.29) is 17.6 Å². The average molecular weight is 344 g/mol. The lowest BCUT2D eigenvalue weighted by Gasteiger charge is -2.30. The highest BCUT2D eigenvalue weighted by Crippen LogP contribution is 2.15. The highest BCUT2D eigenvalue weighted by molar-refractivity contribution is 5.73. The molecule has 3 N–H and O–H groups in total. The molecule has 0 radical (unpaired) electrons. The van der Waals surface area contributed by atoms with Gasteiger partial charge in [-0.2, -0.15) is 0 Å². The summed E-state index contributed by atoms with van der Waals surface area (Å²) in [4.78, 5) is 12.0. The van der Waals surface area contributed by atoms with Gasteiger partial charge in [-0.1, -0.05) is 30.3 Å². The van der Waals surface area contributed by atoms with Crippen LogP contribution in [0.2, 0.25) is 0 Å². The molecule has 2 aromatic rings. The zero-order valence-corrected chi connectivity index (χ0v) is 15.4. The van der Waals surface area contributed by atoms with Crippen LogP contribution in [0.15, 0.2) is 36.7 Å². The number of aryl methyl sites for hydroxylation is 1. The van der Waals surface area contributed by atoms with Gasteiger partial charge in [-0.15, -0.1) is 10.2 Å². The summed E-state index contributed by atoms with van der Waals surface area (Å²) in [7, 11) is 0. The van der Waals surface area contributed by atoms with Crippen molar-refractivity contribution in [3.05, 3.63) is 48.0 Å². The number of hydrogen-bond acceptors (Lipinski definition) is 4. The maximum atomic E-state index is 12.0. The highest BCUT2D eigenvalue weighted by atomic mass is 16.2. The Balaban J connectivity index is 1.77. The van der Waals surface area contributed by atoms with E-state index in [4.69, 9.17) is 0 Å². The minimum absolute atomic E-state index is 0.198. The normalized spacial score (nSPS) is 12.6. The van der Waals surface area contributed by atoms with Crippen LogP contribution in [0.1, 0.15) is 45.1 Å². The Kier molecular flexibility index (Phi) is 6.52. The van der Waals surface area contributed by atoms with E-state index < -0.39 is 0 Å². The van der Waals surface area contributed by atoms with Gasteiger partial charge in [0.05, 0.1) is 6.54 Å². The van der Waals surface area contributed by atoms with Crippen molar-refractivity contribution in [2.45, 2.75) is 52.4 Å². The standard InChI is InChI=1S/C18H28N6O/c1-5-24-13-21-23-16(24)11-19-17(25)20-12-18(3,4)22-14(2)15-9-7-6-8-10-15/h6-10,13-14,22H,5,11-12H2,1-4H3,(H2,19,20,25). The molecule has 1 aromatic carbocycles. The maximum absolute atomic E-state index is 12.0. The first kappa shape index (κ1) is 18.9. The molecule has 0 aliphatic rings. The zero-order valence-electron chi connectivity index (χ0n) is 15.4. The second kappa shape index (κ2) is 8.62. The minimum Gasteiger partial charge on any atom is -0.336 e. The van der Waals surface area contributed by atoms with E-state index in [1.165, 1.54) is 5.56 Å². The van der Waals surface area contributed by atoms with Crippen LogP contribution in [0.4, 0.5) is 4.79 Å². The predicted octanol–water partition coefficient (Wildman–Crippen LogP) is 2.23. The molecular weight excluding hydrogens is 316 g/mol. The smallest absolute Gasteiger partial charge is 0.315 e. The molecule has 0 saturated carbocycles. The highest BCUT2D eigenvalue weighted by Gasteiger charge is 2.21. The Morgan fingerprint density at radius 1 is 1.24 bits per heavy atom. The van der Waals surface area contributed by atoms with Crippen LogP contribution in [0.3, 0.4) is 0 Å². The summed E-state index contributed by atoms with van der Waals surface area (Å²) in [6.45, 7) is 9.91. The van der Waals surface area contributed by atoms with Crippen LogP contribution < -0.4 is 16.0 Å². The van der Waals surface area contributed by atoms with Crippen molar-refractivity contribution in [3.8, 4) is 0 Å². The van der Waals surface area contributed by atoms with Gasteiger partial charge in [-0.25, -0.2) is 4.79 Å². The van der Waals surface area contributed by atoms with Crippen LogP contribution >= 0.6 is 0 Å². The molecule has 0 fully saturated rings. The van der Waals surface area contributed by atoms with E-state index in [1.807, 2.05) is 29.7 Å². The molecule has 1 aromatic heterocycles. The number of nitrogens with one attached hydrogen (secondary N) is 3. The van der Waals surface area contributed by atoms with E-state index in [9.17, 15) is 4.79 Å². The van der Waals surface area contributed by atoms with Crippen LogP contribution in [-0.2, 0) is 13.1 Å². The fourth-order valence-electron chi connectivity index (χ4n) is 2.67. The number of carbonyl (C=O) groups is 1. The molecule has 1 atom stereocenters. The molecule has 1 unspecified atom stereocenters. The van der Waals surface area contributed by atoms with Gasteiger partial charge < -0.3 is 20.5 Å². The summed E-state index contributed by atoms with van der Waals surface area (Å²) in [6.07, 6.45) is 1.66. The topological polar surface area (TPSA) is 83.9 Å². The van der Waals surface area contributed by atoms with Gasteiger partial charge in [0.2, 0.25) is 0 Å². The second-order valence-electron chi connectivity index (χ2n) is 6.73. The Morgan fingerprint density at radius 2 is 1.96 bits per heavy atom. The van der Waals surface area contributed by atoms with Gasteiger partial charge in [0.1, 0.15) is 6.33 Å². The first-order chi connectivity index (χ1) is 11.9. The molecule has 0 aliphatic heterocycles. The number of amides is 2. The molecule has 7 heteroatoms. The Morgan fingerprint density at radius 3 is 2.64 bits per heavy atom. The molecule has 136 valence electrons. The number of urea groups is 1. The van der Waals surface area contributed by atoms with E-state index in [1.54, 1.807) is 6.33 Å². The van der Waals surface area contributed by atoms with E-state index >= 15 is 0 Å². The Labute approximate surface area is 149 Å². The molecule has 0 bridgehead atoms. The van der Waals surface area contributed by atoms with Crippen molar-refractivity contribution in [1.29, 1.82) is 0 Å². The third-order valence-corrected chi connectivity index (χ3v) is 4.04. The van der Waals surface area contributed by atoms with Crippen molar-refractivity contribution < 1.29 is 4.79 Å². The number of benzene rings is 1. The van der Waals surface area contributed by atoms with E-state index in [2.05, 4.69) is 59.1 Å². The molecule has 2 amide bonds. The summed E-state index contributed by atoms with van der Waals surface area (Å²) in [5, 5.41) is 17.1. The van der Waals surface area contributed by atoms with Gasteiger partial charge in [0.25, 0.3) is 0 Å². The van der Waals surface area contributed by atoms with Crippen molar-refractivity contribution >= 4 is 6.03 Å². The molecule has 0 spiro atoms. The lowest BCUT2D eigenvalue weighted by Crippen LogP contribution is -2.51. The van der Waals surface area contributed by atoms with Crippen molar-refractivity contribution in [1.82, 2.24) is 30.7 Å². The Bertz CT molecular complexity index is 667. The van der Waals surface area contributed by atoms with Crippen LogP contribution in [0.25, 0.3) is 0 Å². The molecule has 25 heavy (non-hydrogen) atoms. The first-order valence-corrected chi connectivity index (χ1v) is 8.62. The summed E-state index contributed by atoms with van der Waals surface area (Å²) in [5.74, 6) is 0.743. The van der Waals surface area contributed by atoms with Crippen LogP contribution in [-0.4, -0.2) is 32.9 Å². The molecular formula is C18H28N6O. The zero-order chi connectivity index (χ0) is 18.3. The van der Waals surface area contributed by atoms with Gasteiger partial charge in [-0.05, 0) is 33.3 Å². The average Bonchev–Trinajstić information content (AvgIpc) is 3.06. The lowest BCUT2D eigenvalue weighted by atomic mass is 10.0. The number of aromatic nitrogens is 3.